The van der Waals surface area contributed by atoms with Gasteiger partial charge in [-0.1, -0.05) is 50.6 Å². The first-order valence-corrected chi connectivity index (χ1v) is 12.6. The molecule has 0 aromatic heterocycles. The first-order chi connectivity index (χ1) is 14.4. The fraction of sp³-hybridized carbons (Fsp3) is 0.786. The zero-order valence-corrected chi connectivity index (χ0v) is 20.5. The number of aliphatic hydroxyl groups excluding tert-OH is 2. The summed E-state index contributed by atoms with van der Waals surface area (Å²) in [4.78, 5) is 0. The molecule has 0 aromatic rings. The van der Waals surface area contributed by atoms with Crippen LogP contribution in [0.15, 0.2) is 35.5 Å². The van der Waals surface area contributed by atoms with Gasteiger partial charge in [-0.15, -0.1) is 0 Å². The summed E-state index contributed by atoms with van der Waals surface area (Å²) in [6.45, 7) is 15.0. The van der Waals surface area contributed by atoms with Crippen molar-refractivity contribution in [3.05, 3.63) is 35.5 Å². The molecule has 3 nitrogen and oxygen atoms in total. The van der Waals surface area contributed by atoms with Gasteiger partial charge in [-0.3, -0.25) is 0 Å². The Morgan fingerprint density at radius 1 is 1.13 bits per heavy atom. The predicted molar refractivity (Wildman–Crippen MR) is 129 cm³/mol. The van der Waals surface area contributed by atoms with Crippen molar-refractivity contribution in [2.24, 2.45) is 29.1 Å². The Morgan fingerprint density at radius 2 is 1.77 bits per heavy atom. The van der Waals surface area contributed by atoms with Crippen molar-refractivity contribution in [2.45, 2.75) is 110 Å². The minimum atomic E-state index is -0.618. The van der Waals surface area contributed by atoms with Gasteiger partial charge in [0, 0.05) is 0 Å². The molecule has 0 heterocycles. The van der Waals surface area contributed by atoms with Crippen LogP contribution >= 0.6 is 0 Å². The van der Waals surface area contributed by atoms with Crippen molar-refractivity contribution in [1.29, 1.82) is 0 Å². The van der Waals surface area contributed by atoms with E-state index < -0.39 is 17.8 Å². The zero-order chi connectivity index (χ0) is 23.0. The van der Waals surface area contributed by atoms with Gasteiger partial charge in [0.05, 0.1) is 17.8 Å². The van der Waals surface area contributed by atoms with Crippen LogP contribution in [-0.2, 0) is 0 Å². The number of aliphatic hydroxyl groups is 3. The number of hydrogen-bond donors (Lipinski definition) is 3. The van der Waals surface area contributed by atoms with Gasteiger partial charge in [0.15, 0.2) is 0 Å². The van der Waals surface area contributed by atoms with E-state index in [0.717, 1.165) is 24.3 Å². The summed E-state index contributed by atoms with van der Waals surface area (Å²) < 4.78 is 0. The fourth-order valence-electron chi connectivity index (χ4n) is 6.81. The molecule has 0 bridgehead atoms. The molecule has 3 heteroatoms. The molecule has 7 atom stereocenters. The van der Waals surface area contributed by atoms with Gasteiger partial charge >= 0.3 is 0 Å². The fourth-order valence-corrected chi connectivity index (χ4v) is 6.81. The van der Waals surface area contributed by atoms with Crippen LogP contribution in [0.3, 0.4) is 0 Å². The highest BCUT2D eigenvalue weighted by molar-refractivity contribution is 5.29. The second-order valence-electron chi connectivity index (χ2n) is 11.9. The van der Waals surface area contributed by atoms with Crippen LogP contribution in [-0.4, -0.2) is 33.1 Å². The molecule has 0 spiro atoms. The Hall–Kier alpha value is -0.900. The van der Waals surface area contributed by atoms with Crippen molar-refractivity contribution in [2.75, 3.05) is 0 Å². The summed E-state index contributed by atoms with van der Waals surface area (Å²) >= 11 is 0. The van der Waals surface area contributed by atoms with Crippen molar-refractivity contribution in [1.82, 2.24) is 0 Å². The Morgan fingerprint density at radius 3 is 2.39 bits per heavy atom. The van der Waals surface area contributed by atoms with Crippen LogP contribution in [0.1, 0.15) is 92.4 Å². The van der Waals surface area contributed by atoms with Crippen LogP contribution in [0.4, 0.5) is 0 Å². The molecule has 176 valence electrons. The average Bonchev–Trinajstić information content (AvgIpc) is 3.04. The molecule has 0 saturated heterocycles. The minimum absolute atomic E-state index is 0.366. The normalized spacial score (nSPS) is 37.6. The number of rotatable bonds is 6. The average molecular weight is 431 g/mol. The second kappa shape index (κ2) is 9.53. The molecule has 3 fully saturated rings. The van der Waals surface area contributed by atoms with E-state index in [1.807, 2.05) is 13.8 Å². The largest absolute Gasteiger partial charge is 0.390 e. The predicted octanol–water partition coefficient (Wildman–Crippen LogP) is 5.95. The Kier molecular flexibility index (Phi) is 7.61. The van der Waals surface area contributed by atoms with E-state index in [4.69, 9.17) is 0 Å². The highest BCUT2D eigenvalue weighted by Gasteiger charge is 2.51. The van der Waals surface area contributed by atoms with E-state index in [1.54, 1.807) is 5.57 Å². The summed E-state index contributed by atoms with van der Waals surface area (Å²) in [5.74, 6) is 2.69. The summed E-state index contributed by atoms with van der Waals surface area (Å²) in [5.41, 5.74) is 3.06. The third kappa shape index (κ3) is 5.54. The highest BCUT2D eigenvalue weighted by atomic mass is 16.3. The van der Waals surface area contributed by atoms with Crippen LogP contribution in [0.5, 0.6) is 0 Å². The molecular weight excluding hydrogens is 384 g/mol. The van der Waals surface area contributed by atoms with E-state index in [1.165, 1.54) is 32.1 Å². The molecule has 3 aliphatic carbocycles. The standard InChI is InChI=1S/C28H46O3/c1-18(13-15-27(4,5)31)19(2)23-11-12-24-22(8-7-14-28(23,24)6)10-9-21-16-25(29)20(3)26(30)17-21/h9-10,18-19,23-26,29-31H,3,7-8,11-17H2,1-2,4-6H3/b22-10+/t18-,19+,23-,24+,25-,26-,28-/m1/s1. The highest BCUT2D eigenvalue weighted by Crippen LogP contribution is 2.60. The Labute approximate surface area is 190 Å². The van der Waals surface area contributed by atoms with E-state index in [-0.39, 0.29) is 0 Å². The maximum Gasteiger partial charge on any atom is 0.0809 e. The SMILES string of the molecule is C=C1[C@H](O)CC(=C/C=C2\CCC[C@]3(C)[C@@H]([C@@H](C)[C@H](C)CCC(C)(C)O)CC[C@@H]23)C[C@H]1O. The molecule has 0 amide bonds. The van der Waals surface area contributed by atoms with Crippen molar-refractivity contribution < 1.29 is 15.3 Å². The lowest BCUT2D eigenvalue weighted by atomic mass is 9.59. The Bertz CT molecular complexity index is 696. The maximum atomic E-state index is 10.2. The first-order valence-electron chi connectivity index (χ1n) is 12.6. The van der Waals surface area contributed by atoms with Gasteiger partial charge in [-0.05, 0) is 106 Å². The van der Waals surface area contributed by atoms with Crippen LogP contribution in [0, 0.1) is 29.1 Å². The lowest BCUT2D eigenvalue weighted by molar-refractivity contribution is 0.0447. The zero-order valence-electron chi connectivity index (χ0n) is 20.5. The van der Waals surface area contributed by atoms with E-state index in [9.17, 15) is 15.3 Å². The molecule has 0 radical (unpaired) electrons. The molecule has 3 saturated carbocycles. The van der Waals surface area contributed by atoms with Crippen LogP contribution < -0.4 is 0 Å². The third-order valence-corrected chi connectivity index (χ3v) is 9.08. The number of allylic oxidation sites excluding steroid dienone is 3. The van der Waals surface area contributed by atoms with Crippen LogP contribution in [0.25, 0.3) is 0 Å². The quantitative estimate of drug-likeness (QED) is 0.456. The topological polar surface area (TPSA) is 60.7 Å². The molecule has 0 aromatic carbocycles. The van der Waals surface area contributed by atoms with Gasteiger partial charge in [0.25, 0.3) is 0 Å². The minimum Gasteiger partial charge on any atom is -0.390 e. The molecule has 3 aliphatic rings. The van der Waals surface area contributed by atoms with Gasteiger partial charge in [-0.2, -0.15) is 0 Å². The number of hydrogen-bond acceptors (Lipinski definition) is 3. The summed E-state index contributed by atoms with van der Waals surface area (Å²) in [5, 5.41) is 30.5. The van der Waals surface area contributed by atoms with E-state index in [2.05, 4.69) is 39.5 Å². The third-order valence-electron chi connectivity index (χ3n) is 9.08. The van der Waals surface area contributed by atoms with Gasteiger partial charge in [0.2, 0.25) is 0 Å². The molecular formula is C28H46O3. The smallest absolute Gasteiger partial charge is 0.0809 e. The summed E-state index contributed by atoms with van der Waals surface area (Å²) in [6.07, 6.45) is 12.8. The molecule has 31 heavy (non-hydrogen) atoms. The molecule has 0 aliphatic heterocycles. The maximum absolute atomic E-state index is 10.2. The molecule has 3 N–H and O–H groups in total. The van der Waals surface area contributed by atoms with E-state index >= 15 is 0 Å². The Balaban J connectivity index is 1.71. The van der Waals surface area contributed by atoms with Gasteiger partial charge < -0.3 is 15.3 Å². The first kappa shape index (κ1) is 24.7. The summed E-state index contributed by atoms with van der Waals surface area (Å²) in [6, 6.07) is 0. The monoisotopic (exact) mass is 430 g/mol. The van der Waals surface area contributed by atoms with Crippen molar-refractivity contribution in [3.8, 4) is 0 Å². The lowest BCUT2D eigenvalue weighted by Crippen LogP contribution is -2.37. The van der Waals surface area contributed by atoms with Crippen LogP contribution in [0.2, 0.25) is 0 Å². The second-order valence-corrected chi connectivity index (χ2v) is 11.9. The van der Waals surface area contributed by atoms with Gasteiger partial charge in [0.1, 0.15) is 0 Å². The number of fused-ring (bicyclic) bond motifs is 1. The van der Waals surface area contributed by atoms with Gasteiger partial charge in [-0.25, -0.2) is 0 Å². The lowest BCUT2D eigenvalue weighted by Gasteiger charge is -2.45. The van der Waals surface area contributed by atoms with Crippen molar-refractivity contribution in [3.63, 3.8) is 0 Å². The van der Waals surface area contributed by atoms with E-state index in [0.29, 0.717) is 41.6 Å². The summed E-state index contributed by atoms with van der Waals surface area (Å²) in [7, 11) is 0. The molecule has 3 rings (SSSR count). The van der Waals surface area contributed by atoms with Crippen molar-refractivity contribution >= 4 is 0 Å². The molecule has 0 unspecified atom stereocenters.